The van der Waals surface area contributed by atoms with Gasteiger partial charge in [-0.2, -0.15) is 0 Å². The second-order valence-corrected chi connectivity index (χ2v) is 15.2. The van der Waals surface area contributed by atoms with Crippen molar-refractivity contribution in [1.82, 2.24) is 20.2 Å². The average Bonchev–Trinajstić information content (AvgIpc) is 3.62. The lowest BCUT2D eigenvalue weighted by Crippen LogP contribution is -2.58. The SMILES string of the molecule is CC[C@H](C)CC(=O)C(=O)C(CC(=O)[C@@H]1[C@H]2CCC[C@H]2CN1C(=O)[C@@H](NC(=O)[C@H](CC(=O)c1cnccn1)C(C)C)C(C)(C)C)CC(F)F. The number of carbonyl (C=O) groups is 6. The lowest BCUT2D eigenvalue weighted by molar-refractivity contribution is -0.146. The van der Waals surface area contributed by atoms with E-state index >= 15 is 0 Å². The molecule has 1 aromatic rings. The zero-order valence-electron chi connectivity index (χ0n) is 29.3. The van der Waals surface area contributed by atoms with Crippen LogP contribution in [0.25, 0.3) is 0 Å². The van der Waals surface area contributed by atoms with Gasteiger partial charge in [0.2, 0.25) is 24.0 Å². The van der Waals surface area contributed by atoms with Gasteiger partial charge >= 0.3 is 0 Å². The minimum absolute atomic E-state index is 0.0171. The summed E-state index contributed by atoms with van der Waals surface area (Å²) in [5.74, 6) is -6.34. The van der Waals surface area contributed by atoms with E-state index in [0.717, 1.165) is 12.8 Å². The highest BCUT2D eigenvalue weighted by Gasteiger charge is 2.52. The minimum atomic E-state index is -2.89. The van der Waals surface area contributed by atoms with Crippen LogP contribution in [0.4, 0.5) is 8.78 Å². The predicted molar refractivity (Wildman–Crippen MR) is 175 cm³/mol. The molecule has 12 heteroatoms. The summed E-state index contributed by atoms with van der Waals surface area (Å²) in [6.45, 7) is 12.9. The monoisotopic (exact) mass is 674 g/mol. The number of carbonyl (C=O) groups excluding carboxylic acids is 6. The van der Waals surface area contributed by atoms with Gasteiger partial charge in [-0.25, -0.2) is 13.8 Å². The molecular weight excluding hydrogens is 622 g/mol. The molecule has 2 heterocycles. The quantitative estimate of drug-likeness (QED) is 0.174. The highest BCUT2D eigenvalue weighted by Crippen LogP contribution is 2.44. The van der Waals surface area contributed by atoms with Gasteiger partial charge in [0.25, 0.3) is 0 Å². The molecule has 0 radical (unpaired) electrons. The molecule has 3 rings (SSSR count). The van der Waals surface area contributed by atoms with E-state index in [9.17, 15) is 37.5 Å². The number of alkyl halides is 2. The summed E-state index contributed by atoms with van der Waals surface area (Å²) < 4.78 is 27.3. The summed E-state index contributed by atoms with van der Waals surface area (Å²) in [5, 5.41) is 2.89. The standard InChI is InChI=1S/C36H52F2N4O6/c1-8-21(4)14-29(45)32(46)23(16-30(37)38)15-28(44)31-24-11-9-10-22(24)19-42(31)35(48)33(36(5,6)7)41-34(47)25(20(2)3)17-27(43)26-18-39-12-13-40-26/h12-13,18,20-25,30-31,33H,8-11,14-17,19H2,1-7H3,(H,41,47)/t21-,22-,23?,24-,25+,31-,33+/m0/s1. The van der Waals surface area contributed by atoms with Gasteiger partial charge in [0, 0.05) is 56.5 Å². The lowest BCUT2D eigenvalue weighted by Gasteiger charge is -2.37. The van der Waals surface area contributed by atoms with E-state index in [1.165, 1.54) is 23.5 Å². The molecule has 2 amide bonds. The molecule has 1 N–H and O–H groups in total. The molecule has 1 aliphatic heterocycles. The van der Waals surface area contributed by atoms with Crippen molar-refractivity contribution in [1.29, 1.82) is 0 Å². The minimum Gasteiger partial charge on any atom is -0.344 e. The van der Waals surface area contributed by atoms with Crippen LogP contribution in [0.2, 0.25) is 0 Å². The van der Waals surface area contributed by atoms with E-state index in [1.54, 1.807) is 27.7 Å². The van der Waals surface area contributed by atoms with Crippen molar-refractivity contribution in [3.63, 3.8) is 0 Å². The Morgan fingerprint density at radius 3 is 2.25 bits per heavy atom. The van der Waals surface area contributed by atoms with Crippen molar-refractivity contribution in [2.45, 2.75) is 118 Å². The molecule has 0 spiro atoms. The molecule has 48 heavy (non-hydrogen) atoms. The maximum Gasteiger partial charge on any atom is 0.246 e. The summed E-state index contributed by atoms with van der Waals surface area (Å²) in [4.78, 5) is 90.3. The number of nitrogens with one attached hydrogen (secondary N) is 1. The van der Waals surface area contributed by atoms with Crippen LogP contribution in [-0.2, 0) is 24.0 Å². The molecule has 0 aromatic carbocycles. The van der Waals surface area contributed by atoms with Gasteiger partial charge in [-0.05, 0) is 41.9 Å². The first-order valence-corrected chi connectivity index (χ1v) is 17.2. The van der Waals surface area contributed by atoms with Crippen LogP contribution in [-0.4, -0.2) is 74.9 Å². The first kappa shape index (κ1) is 39.0. The Labute approximate surface area is 282 Å². The van der Waals surface area contributed by atoms with Crippen molar-refractivity contribution in [2.75, 3.05) is 6.54 Å². The van der Waals surface area contributed by atoms with Gasteiger partial charge in [0.05, 0.1) is 12.2 Å². The van der Waals surface area contributed by atoms with Crippen molar-refractivity contribution >= 4 is 34.9 Å². The predicted octanol–water partition coefficient (Wildman–Crippen LogP) is 5.28. The number of halogens is 2. The van der Waals surface area contributed by atoms with Gasteiger partial charge in [0.1, 0.15) is 11.7 Å². The molecule has 1 unspecified atom stereocenters. The van der Waals surface area contributed by atoms with Gasteiger partial charge in [0.15, 0.2) is 17.3 Å². The molecular formula is C36H52F2N4O6. The number of Topliss-reactive ketones (excluding diaryl/α,β-unsaturated/α-hetero) is 4. The normalized spacial score (nSPS) is 21.8. The summed E-state index contributed by atoms with van der Waals surface area (Å²) in [6, 6.07) is -2.02. The lowest BCUT2D eigenvalue weighted by atomic mass is 9.82. The van der Waals surface area contributed by atoms with E-state index in [1.807, 2.05) is 20.8 Å². The number of ketones is 4. The van der Waals surface area contributed by atoms with Crippen molar-refractivity contribution < 1.29 is 37.5 Å². The maximum atomic E-state index is 14.4. The molecule has 10 nitrogen and oxygen atoms in total. The van der Waals surface area contributed by atoms with Crippen LogP contribution in [0, 0.1) is 40.9 Å². The molecule has 1 aromatic heterocycles. The Kier molecular flexibility index (Phi) is 13.6. The summed E-state index contributed by atoms with van der Waals surface area (Å²) in [7, 11) is 0. The van der Waals surface area contributed by atoms with Crippen molar-refractivity contribution in [2.24, 2.45) is 40.9 Å². The highest BCUT2D eigenvalue weighted by molar-refractivity contribution is 6.38. The first-order chi connectivity index (χ1) is 22.5. The summed E-state index contributed by atoms with van der Waals surface area (Å²) >= 11 is 0. The van der Waals surface area contributed by atoms with Gasteiger partial charge in [-0.3, -0.25) is 33.8 Å². The van der Waals surface area contributed by atoms with Crippen molar-refractivity contribution in [3.8, 4) is 0 Å². The Bertz CT molecular complexity index is 1330. The Morgan fingerprint density at radius 2 is 1.69 bits per heavy atom. The van der Waals surface area contributed by atoms with Crippen LogP contribution in [0.15, 0.2) is 18.6 Å². The fourth-order valence-electron chi connectivity index (χ4n) is 7.04. The van der Waals surface area contributed by atoms with Gasteiger partial charge < -0.3 is 10.2 Å². The number of likely N-dealkylation sites (tertiary alicyclic amines) is 1. The topological polar surface area (TPSA) is 143 Å². The largest absolute Gasteiger partial charge is 0.344 e. The van der Waals surface area contributed by atoms with E-state index in [-0.39, 0.29) is 54.5 Å². The smallest absolute Gasteiger partial charge is 0.246 e. The average molecular weight is 675 g/mol. The van der Waals surface area contributed by atoms with Gasteiger partial charge in [-0.15, -0.1) is 0 Å². The number of nitrogens with zero attached hydrogens (tertiary/aromatic N) is 3. The molecule has 1 aliphatic carbocycles. The van der Waals surface area contributed by atoms with E-state index in [2.05, 4.69) is 15.3 Å². The zero-order valence-corrected chi connectivity index (χ0v) is 29.3. The van der Waals surface area contributed by atoms with Gasteiger partial charge in [-0.1, -0.05) is 61.3 Å². The van der Waals surface area contributed by atoms with Crippen LogP contribution >= 0.6 is 0 Å². The number of aromatic nitrogens is 2. The third-order valence-corrected chi connectivity index (χ3v) is 10.1. The second-order valence-electron chi connectivity index (χ2n) is 15.2. The van der Waals surface area contributed by atoms with E-state index < -0.39 is 77.8 Å². The van der Waals surface area contributed by atoms with Crippen LogP contribution in [0.5, 0.6) is 0 Å². The zero-order chi connectivity index (χ0) is 35.9. The fourth-order valence-corrected chi connectivity index (χ4v) is 7.04. The number of fused-ring (bicyclic) bond motifs is 1. The van der Waals surface area contributed by atoms with Crippen molar-refractivity contribution in [3.05, 3.63) is 24.3 Å². The summed E-state index contributed by atoms with van der Waals surface area (Å²) in [5.41, 5.74) is -0.667. The Morgan fingerprint density at radius 1 is 1.00 bits per heavy atom. The molecule has 266 valence electrons. The second kappa shape index (κ2) is 16.8. The van der Waals surface area contributed by atoms with Crippen LogP contribution < -0.4 is 5.32 Å². The number of hydrogen-bond acceptors (Lipinski definition) is 8. The number of hydrogen-bond donors (Lipinski definition) is 1. The van der Waals surface area contributed by atoms with E-state index in [4.69, 9.17) is 0 Å². The Hall–Kier alpha value is -3.44. The molecule has 0 bridgehead atoms. The number of rotatable bonds is 17. The molecule has 1 saturated carbocycles. The highest BCUT2D eigenvalue weighted by atomic mass is 19.3. The fraction of sp³-hybridized carbons (Fsp3) is 0.722. The maximum absolute atomic E-state index is 14.4. The molecule has 2 aliphatic rings. The first-order valence-electron chi connectivity index (χ1n) is 17.2. The summed E-state index contributed by atoms with van der Waals surface area (Å²) in [6.07, 6.45) is 2.55. The number of amides is 2. The molecule has 7 atom stereocenters. The molecule has 1 saturated heterocycles. The van der Waals surface area contributed by atoms with Crippen LogP contribution in [0.1, 0.15) is 110 Å². The van der Waals surface area contributed by atoms with Crippen LogP contribution in [0.3, 0.4) is 0 Å². The molecule has 2 fully saturated rings. The Balaban J connectivity index is 1.86. The third kappa shape index (κ3) is 9.81. The van der Waals surface area contributed by atoms with E-state index in [0.29, 0.717) is 12.8 Å². The third-order valence-electron chi connectivity index (χ3n) is 10.1.